The standard InChI is InChI=1S/C21H19ClFN3O5/c22-12-6-13-19(25-20(12)30-15-4-1-9-5-10(23)2-3-11(9)15)26-21(24-13)31-16-8-29-17-14(27)7-28-18(16)17/h2-3,5-6,14-18,27H,1,4,7-8H2,(H,24,25,26)/t14?,15?,16-,17-,18-/m1/s1. The summed E-state index contributed by atoms with van der Waals surface area (Å²) in [5, 5.41) is 10.2. The molecule has 2 saturated heterocycles. The number of hydrogen-bond donors (Lipinski definition) is 2. The van der Waals surface area contributed by atoms with Crippen LogP contribution in [-0.4, -0.2) is 57.7 Å². The zero-order valence-corrected chi connectivity index (χ0v) is 17.0. The molecule has 2 N–H and O–H groups in total. The van der Waals surface area contributed by atoms with Gasteiger partial charge in [0.2, 0.25) is 5.88 Å². The second kappa shape index (κ2) is 7.30. The number of benzene rings is 1. The number of halogens is 2. The Morgan fingerprint density at radius 3 is 2.90 bits per heavy atom. The zero-order valence-electron chi connectivity index (χ0n) is 16.3. The first kappa shape index (κ1) is 19.2. The van der Waals surface area contributed by atoms with Gasteiger partial charge in [0.1, 0.15) is 35.3 Å². The number of pyridine rings is 1. The molecule has 0 spiro atoms. The molecule has 2 fully saturated rings. The van der Waals surface area contributed by atoms with Crippen LogP contribution in [0, 0.1) is 5.82 Å². The highest BCUT2D eigenvalue weighted by Gasteiger charge is 2.48. The van der Waals surface area contributed by atoms with Crippen molar-refractivity contribution in [1.29, 1.82) is 0 Å². The average molecular weight is 448 g/mol. The molecule has 2 aromatic heterocycles. The number of fused-ring (bicyclic) bond motifs is 3. The molecule has 3 aromatic rings. The maximum absolute atomic E-state index is 13.5. The number of aliphatic hydroxyl groups is 1. The first-order valence-corrected chi connectivity index (χ1v) is 10.5. The van der Waals surface area contributed by atoms with Crippen molar-refractivity contribution in [3.8, 4) is 11.9 Å². The van der Waals surface area contributed by atoms with E-state index in [-0.39, 0.29) is 48.7 Å². The number of imidazole rings is 1. The smallest absolute Gasteiger partial charge is 0.296 e. The molecule has 162 valence electrons. The van der Waals surface area contributed by atoms with Crippen molar-refractivity contribution in [2.75, 3.05) is 13.2 Å². The maximum Gasteiger partial charge on any atom is 0.296 e. The summed E-state index contributed by atoms with van der Waals surface area (Å²) < 4.78 is 36.6. The van der Waals surface area contributed by atoms with Gasteiger partial charge in [0.05, 0.1) is 18.7 Å². The van der Waals surface area contributed by atoms with Gasteiger partial charge in [-0.2, -0.15) is 9.97 Å². The molecule has 3 aliphatic rings. The van der Waals surface area contributed by atoms with Gasteiger partial charge in [0.25, 0.3) is 6.01 Å². The van der Waals surface area contributed by atoms with Gasteiger partial charge in [0.15, 0.2) is 11.8 Å². The average Bonchev–Trinajstić information content (AvgIpc) is 3.49. The molecular formula is C21H19ClFN3O5. The summed E-state index contributed by atoms with van der Waals surface area (Å²) in [6.07, 6.45) is -0.543. The van der Waals surface area contributed by atoms with Crippen LogP contribution >= 0.6 is 11.6 Å². The molecule has 5 atom stereocenters. The van der Waals surface area contributed by atoms with Crippen molar-refractivity contribution in [2.45, 2.75) is 43.4 Å². The lowest BCUT2D eigenvalue weighted by molar-refractivity contribution is 0.00706. The quantitative estimate of drug-likeness (QED) is 0.634. The lowest BCUT2D eigenvalue weighted by Gasteiger charge is -2.15. The van der Waals surface area contributed by atoms with Crippen molar-refractivity contribution < 1.29 is 28.4 Å². The molecule has 8 nitrogen and oxygen atoms in total. The molecule has 1 aliphatic carbocycles. The predicted octanol–water partition coefficient (Wildman–Crippen LogP) is 2.72. The normalized spacial score (nSPS) is 29.3. The largest absolute Gasteiger partial charge is 0.468 e. The second-order valence-corrected chi connectivity index (χ2v) is 8.40. The molecule has 0 radical (unpaired) electrons. The van der Waals surface area contributed by atoms with Crippen LogP contribution in [0.3, 0.4) is 0 Å². The minimum atomic E-state index is -0.647. The van der Waals surface area contributed by atoms with Gasteiger partial charge in [-0.1, -0.05) is 17.7 Å². The second-order valence-electron chi connectivity index (χ2n) is 8.00. The van der Waals surface area contributed by atoms with Gasteiger partial charge in [-0.15, -0.1) is 0 Å². The number of rotatable bonds is 4. The summed E-state index contributed by atoms with van der Waals surface area (Å²) in [4.78, 5) is 11.9. The lowest BCUT2D eigenvalue weighted by atomic mass is 10.1. The highest BCUT2D eigenvalue weighted by atomic mass is 35.5. The molecule has 4 heterocycles. The lowest BCUT2D eigenvalue weighted by Crippen LogP contribution is -2.34. The number of nitrogens with zero attached hydrogens (tertiary/aromatic N) is 2. The number of aromatic nitrogens is 3. The Labute approximate surface area is 181 Å². The highest BCUT2D eigenvalue weighted by Crippen LogP contribution is 2.38. The molecular weight excluding hydrogens is 429 g/mol. The van der Waals surface area contributed by atoms with Crippen LogP contribution in [0.15, 0.2) is 24.3 Å². The number of aryl methyl sites for hydroxylation is 1. The summed E-state index contributed by atoms with van der Waals surface area (Å²) in [5.41, 5.74) is 2.88. The molecule has 1 aromatic carbocycles. The number of aromatic amines is 1. The molecule has 10 heteroatoms. The first-order chi connectivity index (χ1) is 15.0. The van der Waals surface area contributed by atoms with Crippen LogP contribution in [0.2, 0.25) is 5.02 Å². The van der Waals surface area contributed by atoms with Gasteiger partial charge >= 0.3 is 0 Å². The maximum atomic E-state index is 13.5. The summed E-state index contributed by atoms with van der Waals surface area (Å²) >= 11 is 6.40. The fourth-order valence-electron chi connectivity index (χ4n) is 4.51. The van der Waals surface area contributed by atoms with Crippen LogP contribution in [0.25, 0.3) is 11.2 Å². The van der Waals surface area contributed by atoms with E-state index in [2.05, 4.69) is 15.0 Å². The van der Waals surface area contributed by atoms with Gasteiger partial charge in [-0.05, 0) is 42.2 Å². The third-order valence-corrected chi connectivity index (χ3v) is 6.27. The first-order valence-electron chi connectivity index (χ1n) is 10.1. The molecule has 6 rings (SSSR count). The predicted molar refractivity (Wildman–Crippen MR) is 107 cm³/mol. The third-order valence-electron chi connectivity index (χ3n) is 6.00. The topological polar surface area (TPSA) is 98.7 Å². The van der Waals surface area contributed by atoms with E-state index >= 15 is 0 Å². The Hall–Kier alpha value is -2.46. The van der Waals surface area contributed by atoms with Crippen LogP contribution in [-0.2, 0) is 15.9 Å². The van der Waals surface area contributed by atoms with Crippen molar-refractivity contribution in [3.05, 3.63) is 46.2 Å². The Morgan fingerprint density at radius 2 is 2.00 bits per heavy atom. The number of aliphatic hydroxyl groups excluding tert-OH is 1. The van der Waals surface area contributed by atoms with Crippen molar-refractivity contribution >= 4 is 22.8 Å². The summed E-state index contributed by atoms with van der Waals surface area (Å²) in [6, 6.07) is 6.66. The van der Waals surface area contributed by atoms with E-state index in [9.17, 15) is 9.50 Å². The zero-order chi connectivity index (χ0) is 21.1. The fourth-order valence-corrected chi connectivity index (χ4v) is 4.71. The summed E-state index contributed by atoms with van der Waals surface area (Å²) in [5.74, 6) is 0.0124. The minimum Gasteiger partial charge on any atom is -0.468 e. The van der Waals surface area contributed by atoms with E-state index in [1.165, 1.54) is 6.07 Å². The molecule has 31 heavy (non-hydrogen) atoms. The van der Waals surface area contributed by atoms with E-state index in [1.54, 1.807) is 18.2 Å². The van der Waals surface area contributed by atoms with Gasteiger partial charge < -0.3 is 29.0 Å². The van der Waals surface area contributed by atoms with Crippen molar-refractivity contribution in [3.63, 3.8) is 0 Å². The monoisotopic (exact) mass is 447 g/mol. The van der Waals surface area contributed by atoms with E-state index in [0.29, 0.717) is 22.8 Å². The minimum absolute atomic E-state index is 0.226. The Morgan fingerprint density at radius 1 is 1.13 bits per heavy atom. The van der Waals surface area contributed by atoms with Gasteiger partial charge in [-0.25, -0.2) is 4.39 Å². The number of H-pyrrole nitrogens is 1. The number of hydrogen-bond acceptors (Lipinski definition) is 7. The SMILES string of the molecule is OC1CO[C@H]2[C@@H]1OC[C@H]2Oc1nc2nc(OC3CCc4cc(F)ccc43)c(Cl)cc2[nH]1. The Kier molecular flexibility index (Phi) is 4.53. The third kappa shape index (κ3) is 3.32. The molecule has 0 saturated carbocycles. The van der Waals surface area contributed by atoms with Crippen LogP contribution in [0.5, 0.6) is 11.9 Å². The van der Waals surface area contributed by atoms with E-state index < -0.39 is 6.10 Å². The van der Waals surface area contributed by atoms with Gasteiger partial charge in [0, 0.05) is 0 Å². The molecule has 0 amide bonds. The van der Waals surface area contributed by atoms with Crippen LogP contribution < -0.4 is 9.47 Å². The van der Waals surface area contributed by atoms with E-state index in [1.807, 2.05) is 0 Å². The van der Waals surface area contributed by atoms with Gasteiger partial charge in [-0.3, -0.25) is 0 Å². The van der Waals surface area contributed by atoms with E-state index in [0.717, 1.165) is 24.0 Å². The highest BCUT2D eigenvalue weighted by molar-refractivity contribution is 6.32. The summed E-state index contributed by atoms with van der Waals surface area (Å²) in [6.45, 7) is 0.526. The Bertz CT molecular complexity index is 1160. The van der Waals surface area contributed by atoms with Crippen molar-refractivity contribution in [1.82, 2.24) is 15.0 Å². The molecule has 2 unspecified atom stereocenters. The molecule has 2 aliphatic heterocycles. The number of nitrogens with one attached hydrogen (secondary N) is 1. The van der Waals surface area contributed by atoms with E-state index in [4.69, 9.17) is 30.5 Å². The number of ether oxygens (including phenoxy) is 4. The van der Waals surface area contributed by atoms with Crippen LogP contribution in [0.4, 0.5) is 4.39 Å². The van der Waals surface area contributed by atoms with Crippen molar-refractivity contribution in [2.24, 2.45) is 0 Å². The van der Waals surface area contributed by atoms with Crippen LogP contribution in [0.1, 0.15) is 23.7 Å². The Balaban J connectivity index is 1.22. The molecule has 0 bridgehead atoms. The fraction of sp³-hybridized carbons (Fsp3) is 0.429. The summed E-state index contributed by atoms with van der Waals surface area (Å²) in [7, 11) is 0.